The third kappa shape index (κ3) is 2.31. The number of furan rings is 1. The summed E-state index contributed by atoms with van der Waals surface area (Å²) in [6.45, 7) is 3.87. The summed E-state index contributed by atoms with van der Waals surface area (Å²) in [6, 6.07) is 5.65. The van der Waals surface area contributed by atoms with Gasteiger partial charge in [-0.15, -0.1) is 0 Å². The summed E-state index contributed by atoms with van der Waals surface area (Å²) in [4.78, 5) is 8.11. The minimum atomic E-state index is 0.0451. The Morgan fingerprint density at radius 1 is 1.44 bits per heavy atom. The van der Waals surface area contributed by atoms with Gasteiger partial charge in [0.15, 0.2) is 0 Å². The van der Waals surface area contributed by atoms with E-state index in [1.807, 2.05) is 32.0 Å². The molecule has 1 atom stereocenters. The second kappa shape index (κ2) is 4.22. The van der Waals surface area contributed by atoms with E-state index in [0.717, 1.165) is 11.5 Å². The number of nitrogens with one attached hydrogen (secondary N) is 1. The Balaban J connectivity index is 2.15. The Hall–Kier alpha value is -2.04. The van der Waals surface area contributed by atoms with Gasteiger partial charge in [-0.2, -0.15) is 4.98 Å². The number of nitrogen functional groups attached to an aromatic ring is 1. The zero-order valence-corrected chi connectivity index (χ0v) is 9.27. The first-order valence-corrected chi connectivity index (χ1v) is 5.06. The molecule has 3 N–H and O–H groups in total. The van der Waals surface area contributed by atoms with Crippen LogP contribution in [-0.4, -0.2) is 9.97 Å². The number of nitrogens with two attached hydrogens (primary N) is 1. The van der Waals surface area contributed by atoms with Crippen molar-refractivity contribution in [3.8, 4) is 0 Å². The van der Waals surface area contributed by atoms with Crippen molar-refractivity contribution < 1.29 is 4.42 Å². The van der Waals surface area contributed by atoms with E-state index >= 15 is 0 Å². The van der Waals surface area contributed by atoms with Gasteiger partial charge in [-0.05, 0) is 26.0 Å². The molecule has 5 nitrogen and oxygen atoms in total. The lowest BCUT2D eigenvalue weighted by Crippen LogP contribution is -2.09. The van der Waals surface area contributed by atoms with Crippen molar-refractivity contribution in [2.45, 2.75) is 19.9 Å². The summed E-state index contributed by atoms with van der Waals surface area (Å²) < 4.78 is 5.29. The molecule has 2 aromatic heterocycles. The van der Waals surface area contributed by atoms with Crippen LogP contribution >= 0.6 is 0 Å². The maximum Gasteiger partial charge on any atom is 0.222 e. The lowest BCUT2D eigenvalue weighted by molar-refractivity contribution is 0.490. The highest BCUT2D eigenvalue weighted by Crippen LogP contribution is 2.18. The van der Waals surface area contributed by atoms with Crippen molar-refractivity contribution in [1.82, 2.24) is 9.97 Å². The molecule has 0 aromatic carbocycles. The Morgan fingerprint density at radius 2 is 2.25 bits per heavy atom. The van der Waals surface area contributed by atoms with Gasteiger partial charge in [0.2, 0.25) is 5.95 Å². The van der Waals surface area contributed by atoms with Crippen molar-refractivity contribution in [2.24, 2.45) is 0 Å². The quantitative estimate of drug-likeness (QED) is 0.825. The van der Waals surface area contributed by atoms with E-state index in [1.54, 1.807) is 6.26 Å². The number of hydrogen-bond donors (Lipinski definition) is 2. The molecule has 16 heavy (non-hydrogen) atoms. The summed E-state index contributed by atoms with van der Waals surface area (Å²) in [5.74, 6) is 1.83. The van der Waals surface area contributed by atoms with Crippen LogP contribution in [0.3, 0.4) is 0 Å². The third-order valence-corrected chi connectivity index (χ3v) is 2.21. The highest BCUT2D eigenvalue weighted by molar-refractivity contribution is 5.41. The topological polar surface area (TPSA) is 77.0 Å². The van der Waals surface area contributed by atoms with Crippen LogP contribution in [-0.2, 0) is 0 Å². The lowest BCUT2D eigenvalue weighted by Gasteiger charge is -2.12. The molecule has 2 rings (SSSR count). The number of anilines is 2. The summed E-state index contributed by atoms with van der Waals surface area (Å²) in [5.41, 5.74) is 6.40. The number of aryl methyl sites for hydroxylation is 1. The highest BCUT2D eigenvalue weighted by atomic mass is 16.3. The fraction of sp³-hybridized carbons (Fsp3) is 0.273. The maximum absolute atomic E-state index is 5.57. The molecule has 0 radical (unpaired) electrons. The molecule has 0 amide bonds. The first-order valence-electron chi connectivity index (χ1n) is 5.06. The van der Waals surface area contributed by atoms with Gasteiger partial charge in [-0.3, -0.25) is 0 Å². The van der Waals surface area contributed by atoms with E-state index in [0.29, 0.717) is 5.82 Å². The van der Waals surface area contributed by atoms with E-state index < -0.39 is 0 Å². The minimum absolute atomic E-state index is 0.0451. The van der Waals surface area contributed by atoms with E-state index in [9.17, 15) is 0 Å². The monoisotopic (exact) mass is 218 g/mol. The predicted octanol–water partition coefficient (Wildman–Crippen LogP) is 2.13. The first kappa shape index (κ1) is 10.5. The van der Waals surface area contributed by atoms with Crippen LogP contribution in [0.5, 0.6) is 0 Å². The second-order valence-corrected chi connectivity index (χ2v) is 3.63. The van der Waals surface area contributed by atoms with Crippen LogP contribution in [0.15, 0.2) is 28.9 Å². The van der Waals surface area contributed by atoms with Gasteiger partial charge < -0.3 is 15.5 Å². The van der Waals surface area contributed by atoms with Crippen molar-refractivity contribution in [2.75, 3.05) is 11.1 Å². The van der Waals surface area contributed by atoms with Crippen LogP contribution < -0.4 is 11.1 Å². The number of nitrogens with zero attached hydrogens (tertiary/aromatic N) is 2. The van der Waals surface area contributed by atoms with E-state index in [2.05, 4.69) is 15.3 Å². The molecule has 0 unspecified atom stereocenters. The van der Waals surface area contributed by atoms with E-state index in [1.165, 1.54) is 0 Å². The fourth-order valence-electron chi connectivity index (χ4n) is 1.50. The minimum Gasteiger partial charge on any atom is -0.467 e. The Kier molecular flexibility index (Phi) is 2.76. The molecule has 0 fully saturated rings. The summed E-state index contributed by atoms with van der Waals surface area (Å²) in [6.07, 6.45) is 1.65. The van der Waals surface area contributed by atoms with Crippen LogP contribution in [0, 0.1) is 6.92 Å². The van der Waals surface area contributed by atoms with E-state index in [-0.39, 0.29) is 12.0 Å². The van der Waals surface area contributed by atoms with Crippen molar-refractivity contribution in [3.63, 3.8) is 0 Å². The number of hydrogen-bond acceptors (Lipinski definition) is 5. The van der Waals surface area contributed by atoms with Gasteiger partial charge in [0.1, 0.15) is 11.6 Å². The summed E-state index contributed by atoms with van der Waals surface area (Å²) in [7, 11) is 0. The average Bonchev–Trinajstić information content (AvgIpc) is 2.68. The normalized spacial score (nSPS) is 12.4. The van der Waals surface area contributed by atoms with Gasteiger partial charge >= 0.3 is 0 Å². The molecule has 84 valence electrons. The van der Waals surface area contributed by atoms with Crippen molar-refractivity contribution >= 4 is 11.8 Å². The summed E-state index contributed by atoms with van der Waals surface area (Å²) >= 11 is 0. The van der Waals surface area contributed by atoms with E-state index in [4.69, 9.17) is 10.2 Å². The van der Waals surface area contributed by atoms with Gasteiger partial charge in [0, 0.05) is 11.8 Å². The molecule has 0 saturated carbocycles. The Morgan fingerprint density at radius 3 is 2.88 bits per heavy atom. The third-order valence-electron chi connectivity index (χ3n) is 2.21. The van der Waals surface area contributed by atoms with Crippen molar-refractivity contribution in [3.05, 3.63) is 35.9 Å². The average molecular weight is 218 g/mol. The summed E-state index contributed by atoms with van der Waals surface area (Å²) in [5, 5.41) is 3.20. The molecule has 0 aliphatic heterocycles. The first-order chi connectivity index (χ1) is 7.65. The van der Waals surface area contributed by atoms with Crippen LogP contribution in [0.4, 0.5) is 11.8 Å². The lowest BCUT2D eigenvalue weighted by atomic mass is 10.2. The Bertz CT molecular complexity index is 447. The van der Waals surface area contributed by atoms with Crippen LogP contribution in [0.1, 0.15) is 24.4 Å². The molecular weight excluding hydrogens is 204 g/mol. The molecule has 0 saturated heterocycles. The van der Waals surface area contributed by atoms with Crippen molar-refractivity contribution in [1.29, 1.82) is 0 Å². The van der Waals surface area contributed by atoms with Crippen LogP contribution in [0.2, 0.25) is 0 Å². The standard InChI is InChI=1S/C11H14N4O/c1-7-6-10(15-11(12)13-7)14-8(2)9-4-3-5-16-9/h3-6,8H,1-2H3,(H3,12,13,14,15)/t8-/m0/s1. The second-order valence-electron chi connectivity index (χ2n) is 3.63. The molecule has 2 heterocycles. The fourth-order valence-corrected chi connectivity index (χ4v) is 1.50. The zero-order valence-electron chi connectivity index (χ0n) is 9.27. The SMILES string of the molecule is Cc1cc(N[C@@H](C)c2ccco2)nc(N)n1. The number of aromatic nitrogens is 2. The molecule has 0 bridgehead atoms. The highest BCUT2D eigenvalue weighted by Gasteiger charge is 2.09. The molecule has 2 aromatic rings. The molecule has 0 aliphatic carbocycles. The zero-order chi connectivity index (χ0) is 11.5. The maximum atomic E-state index is 5.57. The number of rotatable bonds is 3. The predicted molar refractivity (Wildman–Crippen MR) is 61.9 cm³/mol. The molecule has 0 aliphatic rings. The van der Waals surface area contributed by atoms with Crippen LogP contribution in [0.25, 0.3) is 0 Å². The van der Waals surface area contributed by atoms with Gasteiger partial charge in [-0.25, -0.2) is 4.98 Å². The Labute approximate surface area is 93.7 Å². The molecule has 5 heteroatoms. The largest absolute Gasteiger partial charge is 0.467 e. The van der Waals surface area contributed by atoms with Gasteiger partial charge in [-0.1, -0.05) is 0 Å². The van der Waals surface area contributed by atoms with Gasteiger partial charge in [0.05, 0.1) is 12.3 Å². The molecular formula is C11H14N4O. The smallest absolute Gasteiger partial charge is 0.222 e. The van der Waals surface area contributed by atoms with Gasteiger partial charge in [0.25, 0.3) is 0 Å². The molecule has 0 spiro atoms.